The Hall–Kier alpha value is -2.41. The minimum atomic E-state index is -0.0514. The zero-order chi connectivity index (χ0) is 17.1. The van der Waals surface area contributed by atoms with E-state index in [1.165, 1.54) is 0 Å². The summed E-state index contributed by atoms with van der Waals surface area (Å²) < 4.78 is -0.0514. The van der Waals surface area contributed by atoms with Crippen LogP contribution in [0.25, 0.3) is 11.4 Å². The van der Waals surface area contributed by atoms with Crippen LogP contribution in [0.1, 0.15) is 32.1 Å². The van der Waals surface area contributed by atoms with Gasteiger partial charge in [0.2, 0.25) is 5.91 Å². The summed E-state index contributed by atoms with van der Waals surface area (Å²) in [6.45, 7) is 0. The van der Waals surface area contributed by atoms with Gasteiger partial charge in [0, 0.05) is 34.8 Å². The fraction of sp³-hybridized carbons (Fsp3) is 0.333. The van der Waals surface area contributed by atoms with Crippen molar-refractivity contribution in [1.82, 2.24) is 25.5 Å². The van der Waals surface area contributed by atoms with E-state index in [0.29, 0.717) is 6.42 Å². The lowest BCUT2D eigenvalue weighted by Gasteiger charge is -2.15. The SMILES string of the molecule is O=C(CC1(Sc2nnc(-c3ccncc3)[nH]2)CC1)NC1=CC=CCC1. The van der Waals surface area contributed by atoms with E-state index < -0.39 is 0 Å². The molecule has 4 rings (SSSR count). The molecule has 0 bridgehead atoms. The average molecular weight is 353 g/mol. The number of aromatic amines is 1. The van der Waals surface area contributed by atoms with Crippen molar-refractivity contribution in [2.45, 2.75) is 42.0 Å². The summed E-state index contributed by atoms with van der Waals surface area (Å²) in [4.78, 5) is 19.6. The van der Waals surface area contributed by atoms with Crippen LogP contribution in [0.15, 0.2) is 53.6 Å². The van der Waals surface area contributed by atoms with E-state index >= 15 is 0 Å². The number of nitrogens with one attached hydrogen (secondary N) is 2. The molecule has 7 heteroatoms. The van der Waals surface area contributed by atoms with Crippen LogP contribution >= 0.6 is 11.8 Å². The number of amides is 1. The Kier molecular flexibility index (Phi) is 4.40. The van der Waals surface area contributed by atoms with Crippen molar-refractivity contribution in [3.05, 3.63) is 48.5 Å². The quantitative estimate of drug-likeness (QED) is 0.833. The van der Waals surface area contributed by atoms with Crippen LogP contribution in [-0.4, -0.2) is 30.8 Å². The summed E-state index contributed by atoms with van der Waals surface area (Å²) in [6.07, 6.45) is 14.0. The molecular formula is C18H19N5OS. The molecule has 0 aromatic carbocycles. The van der Waals surface area contributed by atoms with Crippen LogP contribution < -0.4 is 5.32 Å². The summed E-state index contributed by atoms with van der Waals surface area (Å²) >= 11 is 1.62. The Balaban J connectivity index is 1.37. The van der Waals surface area contributed by atoms with E-state index in [2.05, 4.69) is 31.6 Å². The highest BCUT2D eigenvalue weighted by Crippen LogP contribution is 2.53. The van der Waals surface area contributed by atoms with Crippen LogP contribution in [0.5, 0.6) is 0 Å². The van der Waals surface area contributed by atoms with Gasteiger partial charge in [-0.2, -0.15) is 0 Å². The summed E-state index contributed by atoms with van der Waals surface area (Å²) in [5, 5.41) is 12.2. The number of hydrogen-bond acceptors (Lipinski definition) is 5. The molecule has 0 saturated heterocycles. The first-order valence-corrected chi connectivity index (χ1v) is 9.22. The maximum atomic E-state index is 12.3. The second-order valence-electron chi connectivity index (χ2n) is 6.38. The van der Waals surface area contributed by atoms with Gasteiger partial charge in [0.15, 0.2) is 11.0 Å². The van der Waals surface area contributed by atoms with Crippen LogP contribution in [0.3, 0.4) is 0 Å². The molecule has 2 N–H and O–H groups in total. The summed E-state index contributed by atoms with van der Waals surface area (Å²) in [5.74, 6) is 0.810. The van der Waals surface area contributed by atoms with Crippen LogP contribution in [0, 0.1) is 0 Å². The highest BCUT2D eigenvalue weighted by molar-refractivity contribution is 8.00. The molecule has 0 aliphatic heterocycles. The second kappa shape index (κ2) is 6.84. The molecule has 0 spiro atoms. The van der Waals surface area contributed by atoms with Crippen LogP contribution in [0.2, 0.25) is 0 Å². The minimum Gasteiger partial charge on any atom is -0.330 e. The third kappa shape index (κ3) is 3.99. The molecule has 1 saturated carbocycles. The van der Waals surface area contributed by atoms with E-state index in [1.807, 2.05) is 24.3 Å². The molecule has 2 aromatic rings. The second-order valence-corrected chi connectivity index (χ2v) is 7.84. The lowest BCUT2D eigenvalue weighted by atomic mass is 10.1. The number of nitrogens with zero attached hydrogens (tertiary/aromatic N) is 3. The van der Waals surface area contributed by atoms with Gasteiger partial charge in [-0.1, -0.05) is 23.9 Å². The van der Waals surface area contributed by atoms with E-state index in [1.54, 1.807) is 24.2 Å². The van der Waals surface area contributed by atoms with Gasteiger partial charge in [0.1, 0.15) is 0 Å². The van der Waals surface area contributed by atoms with Crippen molar-refractivity contribution in [2.75, 3.05) is 0 Å². The van der Waals surface area contributed by atoms with Crippen LogP contribution in [0.4, 0.5) is 0 Å². The molecule has 0 radical (unpaired) electrons. The standard InChI is InChI=1S/C18H19N5OS/c24-15(20-14-4-2-1-3-5-14)12-18(8-9-18)25-17-21-16(22-23-17)13-6-10-19-11-7-13/h1-2,4,6-7,10-11H,3,5,8-9,12H2,(H,20,24)(H,21,22,23). The van der Waals surface area contributed by atoms with Crippen molar-refractivity contribution >= 4 is 17.7 Å². The normalized spacial score (nSPS) is 17.8. The fourth-order valence-electron chi connectivity index (χ4n) is 2.81. The van der Waals surface area contributed by atoms with Crippen molar-refractivity contribution in [3.8, 4) is 11.4 Å². The van der Waals surface area contributed by atoms with Gasteiger partial charge in [-0.15, -0.1) is 10.2 Å². The first kappa shape index (κ1) is 16.1. The van der Waals surface area contributed by atoms with Gasteiger partial charge in [-0.3, -0.25) is 9.78 Å². The Morgan fingerprint density at radius 1 is 1.28 bits per heavy atom. The number of pyridine rings is 1. The number of allylic oxidation sites excluding steroid dienone is 4. The topological polar surface area (TPSA) is 83.6 Å². The molecule has 128 valence electrons. The van der Waals surface area contributed by atoms with Crippen molar-refractivity contribution in [1.29, 1.82) is 0 Å². The predicted octanol–water partition coefficient (Wildman–Crippen LogP) is 3.23. The van der Waals surface area contributed by atoms with Gasteiger partial charge in [0.05, 0.1) is 0 Å². The molecule has 1 fully saturated rings. The monoisotopic (exact) mass is 353 g/mol. The number of H-pyrrole nitrogens is 1. The fourth-order valence-corrected chi connectivity index (χ4v) is 3.96. The van der Waals surface area contributed by atoms with Crippen molar-refractivity contribution in [3.63, 3.8) is 0 Å². The third-order valence-electron chi connectivity index (χ3n) is 4.34. The minimum absolute atomic E-state index is 0.0514. The summed E-state index contributed by atoms with van der Waals surface area (Å²) in [7, 11) is 0. The molecule has 2 heterocycles. The third-order valence-corrected chi connectivity index (χ3v) is 5.70. The maximum absolute atomic E-state index is 12.3. The number of rotatable bonds is 6. The molecule has 25 heavy (non-hydrogen) atoms. The average Bonchev–Trinajstić information content (AvgIpc) is 3.21. The molecule has 2 aliphatic rings. The Labute approximate surface area is 150 Å². The Morgan fingerprint density at radius 3 is 2.84 bits per heavy atom. The van der Waals surface area contributed by atoms with Gasteiger partial charge < -0.3 is 10.3 Å². The summed E-state index contributed by atoms with van der Waals surface area (Å²) in [6, 6.07) is 3.78. The van der Waals surface area contributed by atoms with Gasteiger partial charge in [0.25, 0.3) is 0 Å². The zero-order valence-electron chi connectivity index (χ0n) is 13.7. The van der Waals surface area contributed by atoms with Crippen LogP contribution in [-0.2, 0) is 4.79 Å². The number of aromatic nitrogens is 4. The Morgan fingerprint density at radius 2 is 2.12 bits per heavy atom. The molecule has 2 aromatic heterocycles. The van der Waals surface area contributed by atoms with Gasteiger partial charge in [-0.25, -0.2) is 0 Å². The highest BCUT2D eigenvalue weighted by Gasteiger charge is 2.46. The predicted molar refractivity (Wildman–Crippen MR) is 96.7 cm³/mol. The first-order chi connectivity index (χ1) is 12.2. The number of hydrogen-bond donors (Lipinski definition) is 2. The van der Waals surface area contributed by atoms with Crippen molar-refractivity contribution < 1.29 is 4.79 Å². The van der Waals surface area contributed by atoms with E-state index in [-0.39, 0.29) is 10.7 Å². The molecule has 0 atom stereocenters. The molecular weight excluding hydrogens is 334 g/mol. The molecule has 1 amide bonds. The Bertz CT molecular complexity index is 823. The van der Waals surface area contributed by atoms with E-state index in [0.717, 1.165) is 47.9 Å². The number of thioether (sulfide) groups is 1. The first-order valence-electron chi connectivity index (χ1n) is 8.40. The maximum Gasteiger partial charge on any atom is 0.225 e. The lowest BCUT2D eigenvalue weighted by molar-refractivity contribution is -0.120. The molecule has 0 unspecified atom stereocenters. The van der Waals surface area contributed by atoms with Gasteiger partial charge >= 0.3 is 0 Å². The van der Waals surface area contributed by atoms with E-state index in [4.69, 9.17) is 0 Å². The van der Waals surface area contributed by atoms with E-state index in [9.17, 15) is 4.79 Å². The van der Waals surface area contributed by atoms with Gasteiger partial charge in [-0.05, 0) is 43.9 Å². The highest BCUT2D eigenvalue weighted by atomic mass is 32.2. The number of carbonyl (C=O) groups excluding carboxylic acids is 1. The lowest BCUT2D eigenvalue weighted by Crippen LogP contribution is -2.27. The zero-order valence-corrected chi connectivity index (χ0v) is 14.6. The largest absolute Gasteiger partial charge is 0.330 e. The summed E-state index contributed by atoms with van der Waals surface area (Å²) in [5.41, 5.74) is 1.96. The molecule has 2 aliphatic carbocycles. The smallest absolute Gasteiger partial charge is 0.225 e. The van der Waals surface area contributed by atoms with Crippen molar-refractivity contribution in [2.24, 2.45) is 0 Å². The number of carbonyl (C=O) groups is 1. The molecule has 6 nitrogen and oxygen atoms in total.